The quantitative estimate of drug-likeness (QED) is 0.277. The zero-order valence-electron chi connectivity index (χ0n) is 23.3. The van der Waals surface area contributed by atoms with Gasteiger partial charge in [0.15, 0.2) is 9.84 Å². The first kappa shape index (κ1) is 28.7. The maximum atomic E-state index is 12.6. The SMILES string of the molecule is CC(C)(C)OC(=O)N1CCCC1COc1cc(Nc2ncc3ccc(-c4cccc(S(C)(=O)=O)c4)n3n2)ccc1Cl. The van der Waals surface area contributed by atoms with E-state index < -0.39 is 15.4 Å². The molecule has 0 bridgehead atoms. The topological polar surface area (TPSA) is 115 Å². The Hall–Kier alpha value is -3.83. The number of amides is 1. The molecule has 1 N–H and O–H groups in total. The van der Waals surface area contributed by atoms with Gasteiger partial charge >= 0.3 is 6.09 Å². The Balaban J connectivity index is 1.32. The molecule has 1 amide bonds. The molecule has 1 atom stereocenters. The molecule has 216 valence electrons. The Morgan fingerprint density at radius 3 is 2.71 bits per heavy atom. The number of sulfone groups is 1. The van der Waals surface area contributed by atoms with Crippen molar-refractivity contribution < 1.29 is 22.7 Å². The number of ether oxygens (including phenoxy) is 2. The van der Waals surface area contributed by atoms with E-state index in [-0.39, 0.29) is 23.6 Å². The first-order chi connectivity index (χ1) is 19.4. The molecule has 0 saturated carbocycles. The van der Waals surface area contributed by atoms with Crippen LogP contribution in [0.2, 0.25) is 5.02 Å². The summed E-state index contributed by atoms with van der Waals surface area (Å²) in [6.07, 6.45) is 4.21. The van der Waals surface area contributed by atoms with Crippen molar-refractivity contribution in [3.8, 4) is 17.0 Å². The van der Waals surface area contributed by atoms with Gasteiger partial charge in [-0.3, -0.25) is 0 Å². The van der Waals surface area contributed by atoms with Gasteiger partial charge in [-0.05, 0) is 70.0 Å². The number of carbonyl (C=O) groups is 1. The van der Waals surface area contributed by atoms with E-state index in [1.54, 1.807) is 52.0 Å². The number of aromatic nitrogens is 3. The van der Waals surface area contributed by atoms with Gasteiger partial charge in [-0.1, -0.05) is 23.7 Å². The second kappa shape index (κ2) is 11.2. The number of fused-ring (bicyclic) bond motifs is 1. The third-order valence-corrected chi connectivity index (χ3v) is 8.00. The predicted octanol–water partition coefficient (Wildman–Crippen LogP) is 5.98. The maximum Gasteiger partial charge on any atom is 0.410 e. The van der Waals surface area contributed by atoms with Crippen molar-refractivity contribution in [3.63, 3.8) is 0 Å². The molecule has 1 aliphatic rings. The Morgan fingerprint density at radius 1 is 1.15 bits per heavy atom. The molecular weight excluding hydrogens is 566 g/mol. The number of carbonyl (C=O) groups excluding carboxylic acids is 1. The normalized spacial score (nSPS) is 15.7. The van der Waals surface area contributed by atoms with E-state index in [1.165, 1.54) is 6.26 Å². The molecule has 4 aromatic rings. The highest BCUT2D eigenvalue weighted by Gasteiger charge is 2.32. The number of nitrogens with one attached hydrogen (secondary N) is 1. The summed E-state index contributed by atoms with van der Waals surface area (Å²) < 4.78 is 37.4. The van der Waals surface area contributed by atoms with Gasteiger partial charge in [-0.25, -0.2) is 22.7 Å². The molecule has 2 aromatic heterocycles. The average Bonchev–Trinajstić information content (AvgIpc) is 3.55. The molecule has 5 rings (SSSR count). The Kier molecular flexibility index (Phi) is 7.85. The molecule has 1 aliphatic heterocycles. The molecule has 0 spiro atoms. The van der Waals surface area contributed by atoms with Crippen LogP contribution in [0.4, 0.5) is 16.4 Å². The summed E-state index contributed by atoms with van der Waals surface area (Å²) in [5.41, 5.74) is 2.28. The van der Waals surface area contributed by atoms with Crippen LogP contribution in [-0.4, -0.2) is 65.1 Å². The van der Waals surface area contributed by atoms with E-state index in [4.69, 9.17) is 21.1 Å². The number of benzene rings is 2. The molecule has 0 radical (unpaired) electrons. The summed E-state index contributed by atoms with van der Waals surface area (Å²) in [4.78, 5) is 19.0. The molecule has 1 saturated heterocycles. The van der Waals surface area contributed by atoms with E-state index >= 15 is 0 Å². The summed E-state index contributed by atoms with van der Waals surface area (Å²) in [6.45, 7) is 6.45. The van der Waals surface area contributed by atoms with Crippen LogP contribution in [-0.2, 0) is 14.6 Å². The van der Waals surface area contributed by atoms with E-state index in [2.05, 4.69) is 15.4 Å². The maximum absolute atomic E-state index is 12.6. The van der Waals surface area contributed by atoms with Crippen LogP contribution in [0.15, 0.2) is 65.7 Å². The van der Waals surface area contributed by atoms with E-state index in [0.717, 1.165) is 24.1 Å². The van der Waals surface area contributed by atoms with Crippen LogP contribution in [0.5, 0.6) is 5.75 Å². The van der Waals surface area contributed by atoms with Crippen molar-refractivity contribution in [1.82, 2.24) is 19.5 Å². The van der Waals surface area contributed by atoms with Gasteiger partial charge in [-0.2, -0.15) is 0 Å². The summed E-state index contributed by atoms with van der Waals surface area (Å²) in [7, 11) is -3.35. The van der Waals surface area contributed by atoms with Crippen LogP contribution in [0.1, 0.15) is 33.6 Å². The number of hydrogen-bond donors (Lipinski definition) is 1. The Labute approximate surface area is 244 Å². The summed E-state index contributed by atoms with van der Waals surface area (Å²) >= 11 is 6.43. The lowest BCUT2D eigenvalue weighted by Gasteiger charge is -2.28. The Morgan fingerprint density at radius 2 is 1.95 bits per heavy atom. The highest BCUT2D eigenvalue weighted by Crippen LogP contribution is 2.31. The molecule has 1 fully saturated rings. The monoisotopic (exact) mass is 597 g/mol. The van der Waals surface area contributed by atoms with Crippen LogP contribution in [0.25, 0.3) is 16.8 Å². The number of halogens is 1. The van der Waals surface area contributed by atoms with Crippen LogP contribution >= 0.6 is 11.6 Å². The van der Waals surface area contributed by atoms with Crippen molar-refractivity contribution in [1.29, 1.82) is 0 Å². The van der Waals surface area contributed by atoms with Gasteiger partial charge in [0.05, 0.1) is 33.4 Å². The highest BCUT2D eigenvalue weighted by molar-refractivity contribution is 7.90. The van der Waals surface area contributed by atoms with E-state index in [0.29, 0.717) is 34.5 Å². The smallest absolute Gasteiger partial charge is 0.410 e. The standard InChI is InChI=1S/C29H32ClN5O5S/c1-29(2,3)40-28(36)34-14-6-8-22(34)18-39-26-16-20(10-12-24(26)30)32-27-31-17-21-11-13-25(35(21)33-27)19-7-5-9-23(15-19)41(4,37)38/h5,7,9-13,15-17,22H,6,8,14,18H2,1-4H3,(H,32,33). The van der Waals surface area contributed by atoms with Gasteiger partial charge in [0, 0.05) is 30.1 Å². The third kappa shape index (κ3) is 6.74. The molecule has 2 aromatic carbocycles. The zero-order valence-corrected chi connectivity index (χ0v) is 24.9. The van der Waals surface area contributed by atoms with Crippen LogP contribution < -0.4 is 10.1 Å². The lowest BCUT2D eigenvalue weighted by atomic mass is 10.2. The number of hydrogen-bond acceptors (Lipinski definition) is 8. The Bertz CT molecular complexity index is 1700. The number of anilines is 2. The fraction of sp³-hybridized carbons (Fsp3) is 0.345. The minimum atomic E-state index is -3.35. The lowest BCUT2D eigenvalue weighted by molar-refractivity contribution is 0.0187. The first-order valence-corrected chi connectivity index (χ1v) is 15.5. The van der Waals surface area contributed by atoms with Gasteiger partial charge in [0.2, 0.25) is 5.95 Å². The highest BCUT2D eigenvalue weighted by atomic mass is 35.5. The number of nitrogens with zero attached hydrogens (tertiary/aromatic N) is 4. The molecule has 0 aliphatic carbocycles. The summed E-state index contributed by atoms with van der Waals surface area (Å²) in [5.74, 6) is 0.794. The molecule has 3 heterocycles. The van der Waals surface area contributed by atoms with Crippen molar-refractivity contribution in [3.05, 3.63) is 65.8 Å². The summed E-state index contributed by atoms with van der Waals surface area (Å²) in [6, 6.07) is 15.6. The van der Waals surface area contributed by atoms with Crippen molar-refractivity contribution >= 4 is 44.7 Å². The van der Waals surface area contributed by atoms with E-state index in [9.17, 15) is 13.2 Å². The van der Waals surface area contributed by atoms with Crippen molar-refractivity contribution in [2.75, 3.05) is 24.7 Å². The zero-order chi connectivity index (χ0) is 29.4. The number of likely N-dealkylation sites (tertiary alicyclic amines) is 1. The molecule has 41 heavy (non-hydrogen) atoms. The fourth-order valence-corrected chi connectivity index (χ4v) is 5.48. The predicted molar refractivity (Wildman–Crippen MR) is 158 cm³/mol. The largest absolute Gasteiger partial charge is 0.490 e. The average molecular weight is 598 g/mol. The number of rotatable bonds is 7. The van der Waals surface area contributed by atoms with Gasteiger partial charge < -0.3 is 19.7 Å². The van der Waals surface area contributed by atoms with Crippen molar-refractivity contribution in [2.45, 2.75) is 50.2 Å². The third-order valence-electron chi connectivity index (χ3n) is 6.58. The molecule has 12 heteroatoms. The lowest BCUT2D eigenvalue weighted by Crippen LogP contribution is -2.42. The second-order valence-electron chi connectivity index (χ2n) is 11.0. The van der Waals surface area contributed by atoms with Gasteiger partial charge in [0.1, 0.15) is 18.0 Å². The minimum Gasteiger partial charge on any atom is -0.490 e. The molecular formula is C29H32ClN5O5S. The van der Waals surface area contributed by atoms with Gasteiger partial charge in [0.25, 0.3) is 0 Å². The first-order valence-electron chi connectivity index (χ1n) is 13.2. The van der Waals surface area contributed by atoms with Gasteiger partial charge in [-0.15, -0.1) is 5.10 Å². The van der Waals surface area contributed by atoms with E-state index in [1.807, 2.05) is 39.0 Å². The minimum absolute atomic E-state index is 0.114. The molecule has 1 unspecified atom stereocenters. The fourth-order valence-electron chi connectivity index (χ4n) is 4.64. The van der Waals surface area contributed by atoms with Crippen LogP contribution in [0.3, 0.4) is 0 Å². The summed E-state index contributed by atoms with van der Waals surface area (Å²) in [5, 5.41) is 8.26. The van der Waals surface area contributed by atoms with Crippen molar-refractivity contribution in [2.24, 2.45) is 0 Å². The molecule has 10 nitrogen and oxygen atoms in total. The second-order valence-corrected chi connectivity index (χ2v) is 13.4. The van der Waals surface area contributed by atoms with Crippen LogP contribution in [0, 0.1) is 0 Å².